The number of carbonyl (C=O) groups excluding carboxylic acids is 3. The van der Waals surface area contributed by atoms with Gasteiger partial charge in [-0.1, -0.05) is 176 Å². The molecule has 366 valence electrons. The Hall–Kier alpha value is -3.53. The van der Waals surface area contributed by atoms with Crippen LogP contribution in [0.5, 0.6) is 0 Å². The maximum Gasteiger partial charge on any atom is 0.306 e. The van der Waals surface area contributed by atoms with Crippen LogP contribution in [0.3, 0.4) is 0 Å². The largest absolute Gasteiger partial charge is 0.545 e. The van der Waals surface area contributed by atoms with Crippen molar-refractivity contribution in [2.45, 2.75) is 200 Å². The van der Waals surface area contributed by atoms with E-state index in [9.17, 15) is 19.5 Å². The van der Waals surface area contributed by atoms with Crippen molar-refractivity contribution < 1.29 is 42.9 Å². The number of nitrogens with zero attached hydrogens (tertiary/aromatic N) is 1. The van der Waals surface area contributed by atoms with Crippen molar-refractivity contribution in [2.24, 2.45) is 0 Å². The number of hydrogen-bond donors (Lipinski definition) is 0. The van der Waals surface area contributed by atoms with Gasteiger partial charge in [0.05, 0.1) is 40.3 Å². The molecular weight excluding hydrogens is 803 g/mol. The van der Waals surface area contributed by atoms with Crippen LogP contribution in [-0.2, 0) is 33.3 Å². The highest BCUT2D eigenvalue weighted by atomic mass is 16.7. The molecule has 0 heterocycles. The lowest BCUT2D eigenvalue weighted by Crippen LogP contribution is -2.44. The fraction of sp³-hybridized carbons (Fsp3) is 0.691. The molecule has 0 rings (SSSR count). The quantitative estimate of drug-likeness (QED) is 0.0195. The third kappa shape index (κ3) is 46.5. The molecule has 0 saturated heterocycles. The van der Waals surface area contributed by atoms with Crippen LogP contribution in [0.1, 0.15) is 187 Å². The topological polar surface area (TPSA) is 111 Å². The van der Waals surface area contributed by atoms with Crippen LogP contribution >= 0.6 is 0 Å². The zero-order valence-electron chi connectivity index (χ0n) is 41.4. The molecular formula is C55H93NO8. The molecule has 0 aromatic rings. The molecule has 0 saturated carbocycles. The lowest BCUT2D eigenvalue weighted by Gasteiger charge is -2.26. The molecule has 0 radical (unpaired) electrons. The van der Waals surface area contributed by atoms with Crippen LogP contribution in [0, 0.1) is 0 Å². The summed E-state index contributed by atoms with van der Waals surface area (Å²) in [6.45, 7) is 4.53. The summed E-state index contributed by atoms with van der Waals surface area (Å²) < 4.78 is 22.5. The van der Waals surface area contributed by atoms with Crippen LogP contribution < -0.4 is 5.11 Å². The molecule has 0 N–H and O–H groups in total. The average Bonchev–Trinajstić information content (AvgIpc) is 3.26. The molecule has 0 spiro atoms. The lowest BCUT2D eigenvalue weighted by atomic mass is 10.0. The van der Waals surface area contributed by atoms with E-state index in [-0.39, 0.29) is 38.6 Å². The minimum Gasteiger partial charge on any atom is -0.545 e. The van der Waals surface area contributed by atoms with Gasteiger partial charge in [0.1, 0.15) is 13.2 Å². The molecule has 2 unspecified atom stereocenters. The molecule has 9 heteroatoms. The van der Waals surface area contributed by atoms with E-state index < -0.39 is 24.3 Å². The van der Waals surface area contributed by atoms with Gasteiger partial charge in [-0.25, -0.2) is 0 Å². The van der Waals surface area contributed by atoms with Gasteiger partial charge in [0, 0.05) is 12.8 Å². The van der Waals surface area contributed by atoms with Crippen molar-refractivity contribution in [1.82, 2.24) is 0 Å². The number of quaternary nitrogens is 1. The normalized spacial score (nSPS) is 13.6. The Morgan fingerprint density at radius 3 is 1.34 bits per heavy atom. The first-order valence-corrected chi connectivity index (χ1v) is 25.2. The number of rotatable bonds is 45. The van der Waals surface area contributed by atoms with E-state index in [4.69, 9.17) is 18.9 Å². The fourth-order valence-electron chi connectivity index (χ4n) is 6.48. The highest BCUT2D eigenvalue weighted by Crippen LogP contribution is 2.14. The third-order valence-corrected chi connectivity index (χ3v) is 10.4. The molecule has 9 nitrogen and oxygen atoms in total. The maximum atomic E-state index is 12.8. The Kier molecular flexibility index (Phi) is 43.5. The van der Waals surface area contributed by atoms with Gasteiger partial charge < -0.3 is 33.3 Å². The second-order valence-electron chi connectivity index (χ2n) is 17.7. The number of hydrogen-bond acceptors (Lipinski definition) is 8. The van der Waals surface area contributed by atoms with Crippen molar-refractivity contribution >= 4 is 17.9 Å². The first-order valence-electron chi connectivity index (χ1n) is 25.2. The average molecular weight is 896 g/mol. The predicted molar refractivity (Wildman–Crippen MR) is 264 cm³/mol. The number of aliphatic carboxylic acids is 1. The van der Waals surface area contributed by atoms with Gasteiger partial charge in [0.2, 0.25) is 0 Å². The number of ether oxygens (including phenoxy) is 4. The minimum absolute atomic E-state index is 0.142. The zero-order chi connectivity index (χ0) is 47.0. The molecule has 0 fully saturated rings. The summed E-state index contributed by atoms with van der Waals surface area (Å²) in [7, 11) is 5.90. The van der Waals surface area contributed by atoms with E-state index in [1.807, 2.05) is 21.1 Å². The van der Waals surface area contributed by atoms with Crippen LogP contribution in [0.25, 0.3) is 0 Å². The Labute approximate surface area is 391 Å². The lowest BCUT2D eigenvalue weighted by molar-refractivity contribution is -0.870. The Morgan fingerprint density at radius 1 is 0.484 bits per heavy atom. The summed E-state index contributed by atoms with van der Waals surface area (Å²) in [6.07, 6.45) is 56.3. The van der Waals surface area contributed by atoms with Crippen LogP contribution in [0.15, 0.2) is 85.1 Å². The predicted octanol–water partition coefficient (Wildman–Crippen LogP) is 12.7. The van der Waals surface area contributed by atoms with Gasteiger partial charge in [0.15, 0.2) is 12.4 Å². The van der Waals surface area contributed by atoms with Gasteiger partial charge in [-0.15, -0.1) is 0 Å². The second kappa shape index (κ2) is 46.0. The molecule has 2 atom stereocenters. The van der Waals surface area contributed by atoms with Crippen molar-refractivity contribution in [3.63, 3.8) is 0 Å². The van der Waals surface area contributed by atoms with Gasteiger partial charge in [-0.2, -0.15) is 0 Å². The summed E-state index contributed by atoms with van der Waals surface area (Å²) in [4.78, 5) is 37.0. The third-order valence-electron chi connectivity index (χ3n) is 10.4. The van der Waals surface area contributed by atoms with Gasteiger partial charge >= 0.3 is 11.9 Å². The highest BCUT2D eigenvalue weighted by molar-refractivity contribution is 5.70. The summed E-state index contributed by atoms with van der Waals surface area (Å²) in [6, 6.07) is 0. The molecule has 64 heavy (non-hydrogen) atoms. The smallest absolute Gasteiger partial charge is 0.306 e. The first-order chi connectivity index (χ1) is 31.1. The number of esters is 2. The number of likely N-dealkylation sites (N-methyl/N-ethyl adjacent to an activating group) is 1. The van der Waals surface area contributed by atoms with Crippen molar-refractivity contribution in [1.29, 1.82) is 0 Å². The van der Waals surface area contributed by atoms with E-state index in [0.29, 0.717) is 17.4 Å². The Morgan fingerprint density at radius 2 is 0.891 bits per heavy atom. The molecule has 0 aromatic carbocycles. The fourth-order valence-corrected chi connectivity index (χ4v) is 6.48. The van der Waals surface area contributed by atoms with Crippen molar-refractivity contribution in [3.8, 4) is 0 Å². The van der Waals surface area contributed by atoms with E-state index in [1.165, 1.54) is 44.9 Å². The number of carboxylic acids is 1. The molecule has 0 bridgehead atoms. The molecule has 0 aliphatic carbocycles. The van der Waals surface area contributed by atoms with Gasteiger partial charge in [-0.3, -0.25) is 9.59 Å². The van der Waals surface area contributed by atoms with E-state index in [2.05, 4.69) is 98.9 Å². The standard InChI is InChI=1S/C55H93NO8/c1-6-8-10-12-14-16-18-19-20-21-22-23-24-25-26-27-28-29-30-31-32-33-34-35-36-38-40-42-44-46-53(58)64-51(50-63-55(54(59)60)61-48-47-56(3,4)5)49-62-52(57)45-43-41-39-37-17-15-13-11-9-7-2/h8,10-11,13-14,16,19-20,22-23,25-26,28-29,51,55H,6-7,9,12,15,17-18,21,24,27,30-50H2,1-5H3/b10-8-,13-11-,16-14-,20-19-,23-22-,26-25-,29-28-. The summed E-state index contributed by atoms with van der Waals surface area (Å²) in [5, 5.41) is 11.7. The highest BCUT2D eigenvalue weighted by Gasteiger charge is 2.21. The van der Waals surface area contributed by atoms with Crippen LogP contribution in [-0.4, -0.2) is 82.3 Å². The molecule has 0 amide bonds. The van der Waals surface area contributed by atoms with Crippen LogP contribution in [0.2, 0.25) is 0 Å². The Balaban J connectivity index is 4.23. The van der Waals surface area contributed by atoms with Crippen molar-refractivity contribution in [2.75, 3.05) is 47.5 Å². The summed E-state index contributed by atoms with van der Waals surface area (Å²) in [5.74, 6) is -2.31. The van der Waals surface area contributed by atoms with Crippen molar-refractivity contribution in [3.05, 3.63) is 85.1 Å². The number of allylic oxidation sites excluding steroid dienone is 14. The van der Waals surface area contributed by atoms with E-state index >= 15 is 0 Å². The number of carboxylic acid groups (broad SMARTS) is 1. The minimum atomic E-state index is -1.63. The maximum absolute atomic E-state index is 12.8. The SMILES string of the molecule is CC/C=C\C/C=C\C/C=C\C/C=C\C/C=C\C/C=C\CCCCCCCCCCCCC(=O)OC(COC(=O)CCCCCCC/C=C\CCC)COC(OCC[N+](C)(C)C)C(=O)[O-]. The van der Waals surface area contributed by atoms with Gasteiger partial charge in [0.25, 0.3) is 0 Å². The summed E-state index contributed by atoms with van der Waals surface area (Å²) >= 11 is 0. The Bertz CT molecular complexity index is 1320. The monoisotopic (exact) mass is 896 g/mol. The second-order valence-corrected chi connectivity index (χ2v) is 17.7. The molecule has 0 aliphatic heterocycles. The zero-order valence-corrected chi connectivity index (χ0v) is 41.4. The first kappa shape index (κ1) is 60.5. The molecule has 0 aromatic heterocycles. The van der Waals surface area contributed by atoms with E-state index in [0.717, 1.165) is 109 Å². The molecule has 0 aliphatic rings. The number of unbranched alkanes of at least 4 members (excludes halogenated alkanes) is 16. The summed E-state index contributed by atoms with van der Waals surface area (Å²) in [5.41, 5.74) is 0. The number of carbonyl (C=O) groups is 3. The van der Waals surface area contributed by atoms with Crippen LogP contribution in [0.4, 0.5) is 0 Å². The van der Waals surface area contributed by atoms with Gasteiger partial charge in [-0.05, 0) is 83.5 Å². The van der Waals surface area contributed by atoms with E-state index in [1.54, 1.807) is 0 Å².